The van der Waals surface area contributed by atoms with Crippen molar-refractivity contribution >= 4 is 33.5 Å². The van der Waals surface area contributed by atoms with Crippen LogP contribution < -0.4 is 10.1 Å². The van der Waals surface area contributed by atoms with Gasteiger partial charge in [0.25, 0.3) is 5.91 Å². The molecule has 132 valence electrons. The van der Waals surface area contributed by atoms with Gasteiger partial charge in [-0.15, -0.1) is 0 Å². The normalized spacial score (nSPS) is 11.5. The first-order valence-electron chi connectivity index (χ1n) is 7.61. The van der Waals surface area contributed by atoms with Gasteiger partial charge >= 0.3 is 5.97 Å². The highest BCUT2D eigenvalue weighted by Crippen LogP contribution is 2.24. The first-order valence-corrected chi connectivity index (χ1v) is 8.40. The zero-order chi connectivity index (χ0) is 18.4. The molecule has 5 nitrogen and oxygen atoms in total. The zero-order valence-corrected chi connectivity index (χ0v) is 15.3. The highest BCUT2D eigenvalue weighted by Gasteiger charge is 2.22. The Balaban J connectivity index is 2.04. The Kier molecular flexibility index (Phi) is 6.52. The van der Waals surface area contributed by atoms with Crippen molar-refractivity contribution in [3.63, 3.8) is 0 Å². The minimum Gasteiger partial charge on any atom is -0.492 e. The number of hydrogen-bond acceptors (Lipinski definition) is 4. The highest BCUT2D eigenvalue weighted by molar-refractivity contribution is 9.10. The molecule has 0 aliphatic rings. The number of carbonyl (C=O) groups is 2. The molecule has 0 aliphatic heterocycles. The summed E-state index contributed by atoms with van der Waals surface area (Å²) in [6, 6.07) is 10.9. The highest BCUT2D eigenvalue weighted by atomic mass is 79.9. The molecule has 0 saturated carbocycles. The molecule has 0 unspecified atom stereocenters. The van der Waals surface area contributed by atoms with E-state index in [1.54, 1.807) is 24.3 Å². The van der Waals surface area contributed by atoms with Crippen molar-refractivity contribution in [3.05, 3.63) is 58.3 Å². The molecular formula is C18H17BrFNO4. The maximum atomic E-state index is 13.8. The lowest BCUT2D eigenvalue weighted by molar-refractivity contribution is -0.123. The second-order valence-corrected chi connectivity index (χ2v) is 6.01. The van der Waals surface area contributed by atoms with Crippen molar-refractivity contribution in [1.29, 1.82) is 0 Å². The number of halogens is 2. The third-order valence-electron chi connectivity index (χ3n) is 3.25. The van der Waals surface area contributed by atoms with Gasteiger partial charge in [0.15, 0.2) is 6.10 Å². The summed E-state index contributed by atoms with van der Waals surface area (Å²) in [4.78, 5) is 24.3. The largest absolute Gasteiger partial charge is 0.492 e. The third-order valence-corrected chi connectivity index (χ3v) is 3.74. The number of hydrogen-bond donors (Lipinski definition) is 1. The van der Waals surface area contributed by atoms with Crippen LogP contribution in [0.3, 0.4) is 0 Å². The van der Waals surface area contributed by atoms with E-state index in [4.69, 9.17) is 9.47 Å². The van der Waals surface area contributed by atoms with E-state index in [2.05, 4.69) is 21.2 Å². The third kappa shape index (κ3) is 5.03. The van der Waals surface area contributed by atoms with Gasteiger partial charge in [-0.2, -0.15) is 0 Å². The first kappa shape index (κ1) is 18.9. The molecule has 2 aromatic carbocycles. The number of anilines is 1. The number of benzene rings is 2. The van der Waals surface area contributed by atoms with Crippen LogP contribution in [-0.2, 0) is 9.53 Å². The van der Waals surface area contributed by atoms with E-state index in [-0.39, 0.29) is 5.56 Å². The van der Waals surface area contributed by atoms with E-state index in [0.29, 0.717) is 22.5 Å². The summed E-state index contributed by atoms with van der Waals surface area (Å²) in [6.07, 6.45) is -1.11. The second-order valence-electron chi connectivity index (χ2n) is 5.09. The van der Waals surface area contributed by atoms with E-state index < -0.39 is 23.8 Å². The molecule has 0 aliphatic carbocycles. The van der Waals surface area contributed by atoms with Crippen LogP contribution in [0.25, 0.3) is 0 Å². The topological polar surface area (TPSA) is 64.6 Å². The number of carbonyl (C=O) groups excluding carboxylic acids is 2. The Morgan fingerprint density at radius 3 is 2.64 bits per heavy atom. The van der Waals surface area contributed by atoms with Crippen LogP contribution in [0.2, 0.25) is 0 Å². The van der Waals surface area contributed by atoms with Crippen molar-refractivity contribution in [1.82, 2.24) is 0 Å². The van der Waals surface area contributed by atoms with Gasteiger partial charge in [0, 0.05) is 4.47 Å². The second kappa shape index (κ2) is 8.62. The van der Waals surface area contributed by atoms with Gasteiger partial charge < -0.3 is 14.8 Å². The van der Waals surface area contributed by atoms with Gasteiger partial charge in [0.1, 0.15) is 11.6 Å². The van der Waals surface area contributed by atoms with Crippen LogP contribution in [0, 0.1) is 5.82 Å². The van der Waals surface area contributed by atoms with E-state index >= 15 is 0 Å². The fraction of sp³-hybridized carbons (Fsp3) is 0.222. The molecule has 1 N–H and O–H groups in total. The predicted octanol–water partition coefficient (Wildman–Crippen LogP) is 4.17. The van der Waals surface area contributed by atoms with Gasteiger partial charge in [-0.05, 0) is 44.2 Å². The van der Waals surface area contributed by atoms with E-state index in [9.17, 15) is 14.0 Å². The number of amides is 1. The molecule has 0 spiro atoms. The summed E-state index contributed by atoms with van der Waals surface area (Å²) < 4.78 is 24.8. The number of esters is 1. The number of para-hydroxylation sites is 2. The predicted molar refractivity (Wildman–Crippen MR) is 95.2 cm³/mol. The molecule has 2 aromatic rings. The molecule has 25 heavy (non-hydrogen) atoms. The average Bonchev–Trinajstić information content (AvgIpc) is 2.56. The molecule has 0 fully saturated rings. The van der Waals surface area contributed by atoms with Crippen molar-refractivity contribution < 1.29 is 23.5 Å². The summed E-state index contributed by atoms with van der Waals surface area (Å²) in [7, 11) is 0. The smallest absolute Gasteiger partial charge is 0.341 e. The molecule has 0 bridgehead atoms. The van der Waals surface area contributed by atoms with Gasteiger partial charge in [-0.3, -0.25) is 4.79 Å². The molecule has 0 saturated heterocycles. The van der Waals surface area contributed by atoms with Crippen molar-refractivity contribution in [2.75, 3.05) is 11.9 Å². The summed E-state index contributed by atoms with van der Waals surface area (Å²) in [5.41, 5.74) is 0.227. The summed E-state index contributed by atoms with van der Waals surface area (Å²) in [5.74, 6) is -1.67. The van der Waals surface area contributed by atoms with Crippen LogP contribution in [-0.4, -0.2) is 24.6 Å². The standard InChI is InChI=1S/C18H17BrFNO4/c1-3-24-16-7-5-4-6-15(16)21-17(22)11(2)25-18(23)13-9-8-12(19)10-14(13)20/h4-11H,3H2,1-2H3,(H,21,22)/t11-/m1/s1. The lowest BCUT2D eigenvalue weighted by Crippen LogP contribution is -2.30. The Labute approximate surface area is 153 Å². The van der Waals surface area contributed by atoms with Crippen LogP contribution >= 0.6 is 15.9 Å². The lowest BCUT2D eigenvalue weighted by atomic mass is 10.2. The lowest BCUT2D eigenvalue weighted by Gasteiger charge is -2.15. The fourth-order valence-corrected chi connectivity index (χ4v) is 2.35. The van der Waals surface area contributed by atoms with Crippen LogP contribution in [0.1, 0.15) is 24.2 Å². The monoisotopic (exact) mass is 409 g/mol. The Bertz CT molecular complexity index is 781. The maximum absolute atomic E-state index is 13.8. The van der Waals surface area contributed by atoms with Crippen molar-refractivity contribution in [3.8, 4) is 5.75 Å². The zero-order valence-electron chi connectivity index (χ0n) is 13.7. The minimum absolute atomic E-state index is 0.238. The summed E-state index contributed by atoms with van der Waals surface area (Å²) >= 11 is 3.11. The van der Waals surface area contributed by atoms with Crippen LogP contribution in [0.4, 0.5) is 10.1 Å². The molecule has 0 aromatic heterocycles. The molecule has 1 atom stereocenters. The SMILES string of the molecule is CCOc1ccccc1NC(=O)[C@@H](C)OC(=O)c1ccc(Br)cc1F. The van der Waals surface area contributed by atoms with Gasteiger partial charge in [0.2, 0.25) is 0 Å². The fourth-order valence-electron chi connectivity index (χ4n) is 2.02. The van der Waals surface area contributed by atoms with Gasteiger partial charge in [0.05, 0.1) is 17.9 Å². The first-order chi connectivity index (χ1) is 11.9. The van der Waals surface area contributed by atoms with Gasteiger partial charge in [-0.1, -0.05) is 28.1 Å². The van der Waals surface area contributed by atoms with Crippen molar-refractivity contribution in [2.45, 2.75) is 20.0 Å². The summed E-state index contributed by atoms with van der Waals surface area (Å²) in [6.45, 7) is 3.68. The van der Waals surface area contributed by atoms with Crippen molar-refractivity contribution in [2.24, 2.45) is 0 Å². The van der Waals surface area contributed by atoms with Gasteiger partial charge in [-0.25, -0.2) is 9.18 Å². The Morgan fingerprint density at radius 2 is 1.96 bits per heavy atom. The average molecular weight is 410 g/mol. The van der Waals surface area contributed by atoms with E-state index in [1.165, 1.54) is 19.1 Å². The number of nitrogens with one attached hydrogen (secondary N) is 1. The van der Waals surface area contributed by atoms with E-state index in [0.717, 1.165) is 6.07 Å². The Morgan fingerprint density at radius 1 is 1.24 bits per heavy atom. The number of rotatable bonds is 6. The molecule has 1 amide bonds. The maximum Gasteiger partial charge on any atom is 0.341 e. The Hall–Kier alpha value is -2.41. The molecule has 0 heterocycles. The number of ether oxygens (including phenoxy) is 2. The summed E-state index contributed by atoms with van der Waals surface area (Å²) in [5, 5.41) is 2.63. The van der Waals surface area contributed by atoms with Crippen LogP contribution in [0.5, 0.6) is 5.75 Å². The van der Waals surface area contributed by atoms with E-state index in [1.807, 2.05) is 6.92 Å². The molecular weight excluding hydrogens is 393 g/mol. The minimum atomic E-state index is -1.11. The molecule has 2 rings (SSSR count). The quantitative estimate of drug-likeness (QED) is 0.727. The molecule has 0 radical (unpaired) electrons. The van der Waals surface area contributed by atoms with Crippen LogP contribution in [0.15, 0.2) is 46.9 Å². The molecule has 7 heteroatoms.